The standard InChI is InChI=1S/C11H13Cl2N/c1-14-6-2-3-11(14)8-4-5-9(12)10(13)7-8/h4-5,7,11H,2-3,6H2,1H3. The van der Waals surface area contributed by atoms with Crippen LogP contribution in [0.4, 0.5) is 0 Å². The second kappa shape index (κ2) is 4.09. The molecule has 1 atom stereocenters. The van der Waals surface area contributed by atoms with Gasteiger partial charge < -0.3 is 0 Å². The van der Waals surface area contributed by atoms with E-state index in [9.17, 15) is 0 Å². The second-order valence-electron chi connectivity index (χ2n) is 3.81. The lowest BCUT2D eigenvalue weighted by atomic mass is 10.1. The molecule has 0 saturated carbocycles. The molecule has 1 fully saturated rings. The zero-order valence-corrected chi connectivity index (χ0v) is 9.65. The highest BCUT2D eigenvalue weighted by Gasteiger charge is 2.22. The summed E-state index contributed by atoms with van der Waals surface area (Å²) in [4.78, 5) is 2.36. The average molecular weight is 230 g/mol. The van der Waals surface area contributed by atoms with Crippen molar-refractivity contribution in [1.29, 1.82) is 0 Å². The van der Waals surface area contributed by atoms with Gasteiger partial charge in [-0.25, -0.2) is 0 Å². The minimum Gasteiger partial charge on any atom is -0.299 e. The Bertz CT molecular complexity index is 338. The maximum Gasteiger partial charge on any atom is 0.0595 e. The monoisotopic (exact) mass is 229 g/mol. The van der Waals surface area contributed by atoms with Crippen molar-refractivity contribution in [2.45, 2.75) is 18.9 Å². The lowest BCUT2D eigenvalue weighted by Gasteiger charge is -2.19. The smallest absolute Gasteiger partial charge is 0.0595 e. The van der Waals surface area contributed by atoms with Gasteiger partial charge in [0.25, 0.3) is 0 Å². The van der Waals surface area contributed by atoms with Crippen LogP contribution in [0.25, 0.3) is 0 Å². The minimum atomic E-state index is 0.518. The fourth-order valence-electron chi connectivity index (χ4n) is 2.05. The number of likely N-dealkylation sites (tertiary alicyclic amines) is 1. The Balaban J connectivity index is 2.28. The Kier molecular flexibility index (Phi) is 3.01. The fraction of sp³-hybridized carbons (Fsp3) is 0.455. The number of rotatable bonds is 1. The van der Waals surface area contributed by atoms with Gasteiger partial charge in [-0.05, 0) is 44.1 Å². The van der Waals surface area contributed by atoms with Crippen molar-refractivity contribution < 1.29 is 0 Å². The molecular formula is C11H13Cl2N. The van der Waals surface area contributed by atoms with E-state index >= 15 is 0 Å². The molecule has 0 N–H and O–H groups in total. The van der Waals surface area contributed by atoms with E-state index in [0.29, 0.717) is 16.1 Å². The van der Waals surface area contributed by atoms with Gasteiger partial charge in [0.2, 0.25) is 0 Å². The summed E-state index contributed by atoms with van der Waals surface area (Å²) in [5.41, 5.74) is 1.28. The molecule has 1 aliphatic rings. The first-order valence-electron chi connectivity index (χ1n) is 4.83. The number of nitrogens with zero attached hydrogens (tertiary/aromatic N) is 1. The van der Waals surface area contributed by atoms with Crippen molar-refractivity contribution in [1.82, 2.24) is 4.90 Å². The SMILES string of the molecule is CN1CCCC1c1ccc(Cl)c(Cl)c1. The molecule has 1 nitrogen and oxygen atoms in total. The maximum absolute atomic E-state index is 5.99. The van der Waals surface area contributed by atoms with Crippen molar-refractivity contribution in [3.8, 4) is 0 Å². The van der Waals surface area contributed by atoms with E-state index in [1.165, 1.54) is 24.9 Å². The third-order valence-electron chi connectivity index (χ3n) is 2.85. The number of benzene rings is 1. The summed E-state index contributed by atoms with van der Waals surface area (Å²) in [6.45, 7) is 1.17. The fourth-order valence-corrected chi connectivity index (χ4v) is 2.36. The van der Waals surface area contributed by atoms with Crippen LogP contribution < -0.4 is 0 Å². The van der Waals surface area contributed by atoms with Gasteiger partial charge in [0.05, 0.1) is 10.0 Å². The number of hydrogen-bond donors (Lipinski definition) is 0. The Morgan fingerprint density at radius 2 is 2.07 bits per heavy atom. The highest BCUT2D eigenvalue weighted by molar-refractivity contribution is 6.42. The summed E-state index contributed by atoms with van der Waals surface area (Å²) in [5.74, 6) is 0. The number of halogens is 2. The maximum atomic E-state index is 5.99. The Hall–Kier alpha value is -0.240. The summed E-state index contributed by atoms with van der Waals surface area (Å²) in [6, 6.07) is 6.45. The predicted octanol–water partition coefficient (Wildman–Crippen LogP) is 3.76. The van der Waals surface area contributed by atoms with Crippen molar-refractivity contribution in [2.24, 2.45) is 0 Å². The lowest BCUT2D eigenvalue weighted by molar-refractivity contribution is 0.317. The molecule has 1 aromatic rings. The van der Waals surface area contributed by atoms with Crippen LogP contribution >= 0.6 is 23.2 Å². The third-order valence-corrected chi connectivity index (χ3v) is 3.59. The Labute approximate surface area is 94.6 Å². The molecule has 0 bridgehead atoms. The van der Waals surface area contributed by atoms with Crippen LogP contribution in [0.5, 0.6) is 0 Å². The van der Waals surface area contributed by atoms with E-state index in [2.05, 4.69) is 18.0 Å². The average Bonchev–Trinajstić information content (AvgIpc) is 2.57. The summed E-state index contributed by atoms with van der Waals surface area (Å²) in [7, 11) is 2.15. The summed E-state index contributed by atoms with van der Waals surface area (Å²) in [5, 5.41) is 1.29. The predicted molar refractivity (Wildman–Crippen MR) is 61.1 cm³/mol. The van der Waals surface area contributed by atoms with Gasteiger partial charge in [0.1, 0.15) is 0 Å². The molecule has 1 heterocycles. The van der Waals surface area contributed by atoms with Gasteiger partial charge in [-0.1, -0.05) is 29.3 Å². The van der Waals surface area contributed by atoms with Crippen molar-refractivity contribution in [3.05, 3.63) is 33.8 Å². The van der Waals surface area contributed by atoms with Crippen LogP contribution in [0.3, 0.4) is 0 Å². The molecule has 76 valence electrons. The van der Waals surface area contributed by atoms with Gasteiger partial charge in [0, 0.05) is 6.04 Å². The third kappa shape index (κ3) is 1.90. The van der Waals surface area contributed by atoms with E-state index in [1.807, 2.05) is 12.1 Å². The van der Waals surface area contributed by atoms with Crippen LogP contribution in [0.15, 0.2) is 18.2 Å². The molecule has 1 aromatic carbocycles. The normalized spacial score (nSPS) is 22.9. The van der Waals surface area contributed by atoms with Crippen LogP contribution in [0.2, 0.25) is 10.0 Å². The first-order valence-corrected chi connectivity index (χ1v) is 5.59. The van der Waals surface area contributed by atoms with Crippen LogP contribution in [-0.4, -0.2) is 18.5 Å². The van der Waals surface area contributed by atoms with Crippen LogP contribution in [0.1, 0.15) is 24.4 Å². The molecule has 0 aliphatic carbocycles. The van der Waals surface area contributed by atoms with Gasteiger partial charge in [0.15, 0.2) is 0 Å². The summed E-state index contributed by atoms with van der Waals surface area (Å²) in [6.07, 6.45) is 2.48. The van der Waals surface area contributed by atoms with Crippen molar-refractivity contribution in [3.63, 3.8) is 0 Å². The van der Waals surface area contributed by atoms with E-state index in [1.54, 1.807) is 0 Å². The van der Waals surface area contributed by atoms with Gasteiger partial charge in [-0.3, -0.25) is 4.90 Å². The molecule has 0 aromatic heterocycles. The van der Waals surface area contributed by atoms with Crippen LogP contribution in [0, 0.1) is 0 Å². The molecule has 0 amide bonds. The summed E-state index contributed by atoms with van der Waals surface area (Å²) >= 11 is 11.9. The van der Waals surface area contributed by atoms with Crippen molar-refractivity contribution >= 4 is 23.2 Å². The second-order valence-corrected chi connectivity index (χ2v) is 4.63. The van der Waals surface area contributed by atoms with E-state index in [-0.39, 0.29) is 0 Å². The molecule has 1 aliphatic heterocycles. The molecule has 2 rings (SSSR count). The van der Waals surface area contributed by atoms with E-state index in [0.717, 1.165) is 0 Å². The van der Waals surface area contributed by atoms with Gasteiger partial charge in [-0.15, -0.1) is 0 Å². The molecule has 0 radical (unpaired) electrons. The quantitative estimate of drug-likeness (QED) is 0.709. The topological polar surface area (TPSA) is 3.24 Å². The molecule has 1 saturated heterocycles. The first kappa shape index (κ1) is 10.3. The molecule has 0 spiro atoms. The minimum absolute atomic E-state index is 0.518. The van der Waals surface area contributed by atoms with E-state index in [4.69, 9.17) is 23.2 Å². The zero-order valence-electron chi connectivity index (χ0n) is 8.13. The highest BCUT2D eigenvalue weighted by atomic mass is 35.5. The number of hydrogen-bond acceptors (Lipinski definition) is 1. The summed E-state index contributed by atoms with van der Waals surface area (Å²) < 4.78 is 0. The molecule has 14 heavy (non-hydrogen) atoms. The van der Waals surface area contributed by atoms with Crippen molar-refractivity contribution in [2.75, 3.05) is 13.6 Å². The zero-order chi connectivity index (χ0) is 10.1. The van der Waals surface area contributed by atoms with Crippen LogP contribution in [-0.2, 0) is 0 Å². The molecular weight excluding hydrogens is 217 g/mol. The largest absolute Gasteiger partial charge is 0.299 e. The Morgan fingerprint density at radius 3 is 2.64 bits per heavy atom. The highest BCUT2D eigenvalue weighted by Crippen LogP contribution is 2.33. The van der Waals surface area contributed by atoms with Gasteiger partial charge in [-0.2, -0.15) is 0 Å². The first-order chi connectivity index (χ1) is 6.68. The molecule has 3 heteroatoms. The lowest BCUT2D eigenvalue weighted by Crippen LogP contribution is -2.17. The Morgan fingerprint density at radius 1 is 1.29 bits per heavy atom. The van der Waals surface area contributed by atoms with Gasteiger partial charge >= 0.3 is 0 Å². The molecule has 1 unspecified atom stereocenters. The van der Waals surface area contributed by atoms with E-state index < -0.39 is 0 Å².